The Balaban J connectivity index is 1.77. The van der Waals surface area contributed by atoms with Gasteiger partial charge in [0.15, 0.2) is 0 Å². The molecule has 230 valence electrons. The first-order valence-corrected chi connectivity index (χ1v) is 16.3. The van der Waals surface area contributed by atoms with Crippen molar-refractivity contribution in [3.8, 4) is 0 Å². The van der Waals surface area contributed by atoms with E-state index in [0.29, 0.717) is 12.8 Å². The van der Waals surface area contributed by atoms with Gasteiger partial charge in [-0.1, -0.05) is 32.4 Å². The molecule has 0 radical (unpaired) electrons. The van der Waals surface area contributed by atoms with Gasteiger partial charge in [0.2, 0.25) is 5.91 Å². The summed E-state index contributed by atoms with van der Waals surface area (Å²) in [7, 11) is 0. The van der Waals surface area contributed by atoms with Crippen LogP contribution in [-0.4, -0.2) is 82.7 Å². The van der Waals surface area contributed by atoms with Gasteiger partial charge in [-0.05, 0) is 63.3 Å². The van der Waals surface area contributed by atoms with Gasteiger partial charge < -0.3 is 24.5 Å². The summed E-state index contributed by atoms with van der Waals surface area (Å²) >= 11 is 1.61. The van der Waals surface area contributed by atoms with Crippen molar-refractivity contribution in [3.05, 3.63) is 49.6 Å². The number of esters is 1. The van der Waals surface area contributed by atoms with E-state index < -0.39 is 28.7 Å². The molecule has 0 aromatic heterocycles. The minimum Gasteiger partial charge on any atom is -0.465 e. The van der Waals surface area contributed by atoms with Gasteiger partial charge in [0.25, 0.3) is 5.91 Å². The van der Waals surface area contributed by atoms with Gasteiger partial charge in [0.1, 0.15) is 6.04 Å². The number of nitrogens with zero attached hydrogens (tertiary/aromatic N) is 3. The normalized spacial score (nSPS) is 27.4. The second-order valence-electron chi connectivity index (χ2n) is 11.6. The first kappa shape index (κ1) is 32.1. The van der Waals surface area contributed by atoms with E-state index in [2.05, 4.69) is 31.9 Å². The van der Waals surface area contributed by atoms with Crippen molar-refractivity contribution < 1.29 is 24.2 Å². The Morgan fingerprint density at radius 2 is 1.83 bits per heavy atom. The zero-order valence-electron chi connectivity index (χ0n) is 25.5. The van der Waals surface area contributed by atoms with Crippen LogP contribution in [-0.2, 0) is 19.1 Å². The van der Waals surface area contributed by atoms with Gasteiger partial charge in [-0.3, -0.25) is 14.4 Å². The average Bonchev–Trinajstić information content (AvgIpc) is 3.64. The van der Waals surface area contributed by atoms with E-state index in [0.717, 1.165) is 37.3 Å². The summed E-state index contributed by atoms with van der Waals surface area (Å²) < 4.78 is 4.85. The number of hydrogen-bond acceptors (Lipinski definition) is 7. The molecule has 1 N–H and O–H groups in total. The van der Waals surface area contributed by atoms with Crippen molar-refractivity contribution in [2.24, 2.45) is 17.8 Å². The number of rotatable bonds is 15. The zero-order chi connectivity index (χ0) is 30.6. The van der Waals surface area contributed by atoms with Gasteiger partial charge in [-0.15, -0.1) is 24.9 Å². The fraction of sp³-hybridized carbons (Fsp3) is 0.606. The molecule has 1 spiro atoms. The Kier molecular flexibility index (Phi) is 10.5. The number of aliphatic hydroxyl groups is 1. The molecule has 2 unspecified atom stereocenters. The first-order valence-electron chi connectivity index (χ1n) is 15.4. The molecule has 7 atom stereocenters. The first-order chi connectivity index (χ1) is 20.2. The fourth-order valence-electron chi connectivity index (χ4n) is 7.18. The van der Waals surface area contributed by atoms with Crippen molar-refractivity contribution in [2.75, 3.05) is 42.6 Å². The molecule has 9 heteroatoms. The summed E-state index contributed by atoms with van der Waals surface area (Å²) in [6.07, 6.45) is 6.06. The van der Waals surface area contributed by atoms with E-state index in [1.165, 1.54) is 0 Å². The predicted molar refractivity (Wildman–Crippen MR) is 170 cm³/mol. The molecule has 3 saturated heterocycles. The number of likely N-dealkylation sites (tertiary alicyclic amines) is 1. The van der Waals surface area contributed by atoms with Crippen LogP contribution in [0.1, 0.15) is 53.4 Å². The van der Waals surface area contributed by atoms with E-state index in [9.17, 15) is 19.5 Å². The van der Waals surface area contributed by atoms with Gasteiger partial charge in [-0.2, -0.15) is 0 Å². The van der Waals surface area contributed by atoms with E-state index in [4.69, 9.17) is 4.74 Å². The molecular formula is C33H47N3O5S. The standard InChI is InChI=1S/C33H47N3O5S/c1-7-12-20-41-32(40)27-26-17-18-33(42-26)28(27)30(38)36(25(21-37)22(6)9-3)29(33)31(39)35(19-8-2)24-15-13-23(14-16-24)34(10-4)11-5/h7-8,13-16,22,25-29,37H,1-2,9-12,17-21H2,3-6H3/t22-,25-,26-,27+,28-,29?,33?/m0/s1. The van der Waals surface area contributed by atoms with E-state index >= 15 is 0 Å². The Morgan fingerprint density at radius 1 is 1.17 bits per heavy atom. The third kappa shape index (κ3) is 5.50. The molecule has 0 saturated carbocycles. The summed E-state index contributed by atoms with van der Waals surface area (Å²) in [5, 5.41) is 10.5. The second kappa shape index (κ2) is 13.7. The van der Waals surface area contributed by atoms with E-state index in [1.54, 1.807) is 33.7 Å². The molecule has 3 heterocycles. The highest BCUT2D eigenvalue weighted by Gasteiger charge is 2.75. The number of amides is 2. The van der Waals surface area contributed by atoms with Crippen LogP contribution in [0.2, 0.25) is 0 Å². The van der Waals surface area contributed by atoms with Gasteiger partial charge in [-0.25, -0.2) is 0 Å². The van der Waals surface area contributed by atoms with Crippen LogP contribution < -0.4 is 9.80 Å². The predicted octanol–water partition coefficient (Wildman–Crippen LogP) is 4.67. The minimum atomic E-state index is -0.815. The molecule has 8 nitrogen and oxygen atoms in total. The summed E-state index contributed by atoms with van der Waals surface area (Å²) in [5.41, 5.74) is 1.80. The van der Waals surface area contributed by atoms with Crippen LogP contribution in [0.3, 0.4) is 0 Å². The van der Waals surface area contributed by atoms with Crippen LogP contribution in [0.4, 0.5) is 11.4 Å². The summed E-state index contributed by atoms with van der Waals surface area (Å²) in [6, 6.07) is 6.58. The summed E-state index contributed by atoms with van der Waals surface area (Å²) in [4.78, 5) is 48.3. The van der Waals surface area contributed by atoms with Crippen LogP contribution in [0.15, 0.2) is 49.6 Å². The second-order valence-corrected chi connectivity index (χ2v) is 13.2. The summed E-state index contributed by atoms with van der Waals surface area (Å²) in [5.74, 6) is -2.10. The Bertz CT molecular complexity index is 1150. The molecule has 2 amide bonds. The Morgan fingerprint density at radius 3 is 2.40 bits per heavy atom. The Labute approximate surface area is 255 Å². The van der Waals surface area contributed by atoms with Crippen molar-refractivity contribution in [1.29, 1.82) is 0 Å². The number of thioether (sulfide) groups is 1. The average molecular weight is 598 g/mol. The third-order valence-corrected chi connectivity index (χ3v) is 11.5. The SMILES string of the molecule is C=CCCOC(=O)[C@@H]1[C@@H]2CCC3(S2)C(C(=O)N(CC=C)c2ccc(N(CC)CC)cc2)N([C@@H](CO)[C@@H](C)CC)C(=O)[C@H]13. The van der Waals surface area contributed by atoms with Crippen molar-refractivity contribution >= 4 is 40.9 Å². The van der Waals surface area contributed by atoms with Crippen LogP contribution >= 0.6 is 11.8 Å². The van der Waals surface area contributed by atoms with Crippen LogP contribution in [0.25, 0.3) is 0 Å². The number of benzene rings is 1. The maximum absolute atomic E-state index is 14.8. The molecule has 1 aromatic carbocycles. The highest BCUT2D eigenvalue weighted by Crippen LogP contribution is 2.67. The molecule has 4 rings (SSSR count). The smallest absolute Gasteiger partial charge is 0.310 e. The minimum absolute atomic E-state index is 0.0362. The zero-order valence-corrected chi connectivity index (χ0v) is 26.4. The van der Waals surface area contributed by atoms with Crippen LogP contribution in [0, 0.1) is 17.8 Å². The quantitative estimate of drug-likeness (QED) is 0.179. The number of ether oxygens (including phenoxy) is 1. The number of hydrogen-bond donors (Lipinski definition) is 1. The number of fused-ring (bicyclic) bond motifs is 1. The summed E-state index contributed by atoms with van der Waals surface area (Å²) in [6.45, 7) is 17.9. The molecule has 0 aliphatic carbocycles. The van der Waals surface area contributed by atoms with Gasteiger partial charge in [0, 0.05) is 36.3 Å². The molecule has 2 bridgehead atoms. The van der Waals surface area contributed by atoms with Crippen molar-refractivity contribution in [2.45, 2.75) is 75.5 Å². The molecule has 42 heavy (non-hydrogen) atoms. The Hall–Kier alpha value is -2.78. The fourth-order valence-corrected chi connectivity index (χ4v) is 9.37. The molecule has 3 fully saturated rings. The lowest BCUT2D eigenvalue weighted by Crippen LogP contribution is -2.58. The van der Waals surface area contributed by atoms with Crippen LogP contribution in [0.5, 0.6) is 0 Å². The van der Waals surface area contributed by atoms with Gasteiger partial charge >= 0.3 is 5.97 Å². The highest BCUT2D eigenvalue weighted by molar-refractivity contribution is 8.02. The van der Waals surface area contributed by atoms with Crippen molar-refractivity contribution in [1.82, 2.24) is 4.90 Å². The molecule has 3 aliphatic rings. The lowest BCUT2D eigenvalue weighted by Gasteiger charge is -2.41. The number of aliphatic hydroxyl groups excluding tert-OH is 1. The molecule has 3 aliphatic heterocycles. The number of carbonyl (C=O) groups excluding carboxylic acids is 3. The molecular weight excluding hydrogens is 550 g/mol. The third-order valence-electron chi connectivity index (χ3n) is 9.52. The highest BCUT2D eigenvalue weighted by atomic mass is 32.2. The number of anilines is 2. The van der Waals surface area contributed by atoms with Gasteiger partial charge in [0.05, 0.1) is 35.8 Å². The molecule has 1 aromatic rings. The lowest BCUT2D eigenvalue weighted by atomic mass is 9.71. The van der Waals surface area contributed by atoms with E-state index in [-0.39, 0.29) is 48.7 Å². The van der Waals surface area contributed by atoms with Crippen molar-refractivity contribution in [3.63, 3.8) is 0 Å². The van der Waals surface area contributed by atoms with E-state index in [1.807, 2.05) is 38.1 Å². The monoisotopic (exact) mass is 597 g/mol. The largest absolute Gasteiger partial charge is 0.465 e. The maximum atomic E-state index is 14.8. The topological polar surface area (TPSA) is 90.4 Å². The number of carbonyl (C=O) groups is 3. The maximum Gasteiger partial charge on any atom is 0.310 e. The lowest BCUT2D eigenvalue weighted by molar-refractivity contribution is -0.154.